The number of ketones is 4. The van der Waals surface area contributed by atoms with Crippen molar-refractivity contribution in [2.75, 3.05) is 39.7 Å². The fourth-order valence-corrected chi connectivity index (χ4v) is 6.13. The van der Waals surface area contributed by atoms with E-state index < -0.39 is 0 Å². The molecule has 0 aromatic heterocycles. The van der Waals surface area contributed by atoms with Crippen molar-refractivity contribution in [3.63, 3.8) is 0 Å². The summed E-state index contributed by atoms with van der Waals surface area (Å²) < 4.78 is 0. The highest BCUT2D eigenvalue weighted by Crippen LogP contribution is 2.32. The normalized spacial score (nSPS) is 12.1. The molecule has 0 saturated carbocycles. The molecule has 0 unspecified atom stereocenters. The van der Waals surface area contributed by atoms with E-state index in [0.29, 0.717) is 88.3 Å². The Morgan fingerprint density at radius 3 is 1.09 bits per heavy atom. The molecule has 2 amide bonds. The third-order valence-corrected chi connectivity index (χ3v) is 9.22. The van der Waals surface area contributed by atoms with Crippen LogP contribution in [0.4, 0.5) is 22.7 Å². The number of halogens is 4. The third-order valence-electron chi connectivity index (χ3n) is 8.23. The molecular weight excluding hydrogens is 790 g/mol. The third kappa shape index (κ3) is 11.0. The topological polar surface area (TPSA) is 196 Å². The summed E-state index contributed by atoms with van der Waals surface area (Å²) in [5.41, 5.74) is 15.6. The first-order valence-electron chi connectivity index (χ1n) is 17.0. The fourth-order valence-electron chi connectivity index (χ4n) is 5.60. The van der Waals surface area contributed by atoms with Gasteiger partial charge in [0.25, 0.3) is 0 Å². The lowest BCUT2D eigenvalue weighted by Crippen LogP contribution is -2.22. The Morgan fingerprint density at radius 2 is 0.764 bits per heavy atom. The number of nitrogens with two attached hydrogens (primary N) is 2. The lowest BCUT2D eigenvalue weighted by molar-refractivity contribution is -0.117. The highest BCUT2D eigenvalue weighted by Gasteiger charge is 2.31. The van der Waals surface area contributed by atoms with Gasteiger partial charge >= 0.3 is 0 Å². The summed E-state index contributed by atoms with van der Waals surface area (Å²) in [6, 6.07) is 18.7. The van der Waals surface area contributed by atoms with E-state index in [2.05, 4.69) is 10.6 Å². The van der Waals surface area contributed by atoms with Crippen LogP contribution in [0.5, 0.6) is 0 Å². The van der Waals surface area contributed by atoms with Gasteiger partial charge in [-0.05, 0) is 104 Å². The maximum absolute atomic E-state index is 13.1. The van der Waals surface area contributed by atoms with Crippen LogP contribution >= 0.6 is 46.4 Å². The molecule has 0 fully saturated rings. The number of fused-ring (bicyclic) bond motifs is 4. The van der Waals surface area contributed by atoms with E-state index in [1.54, 1.807) is 36.4 Å². The Bertz CT molecular complexity index is 2040. The van der Waals surface area contributed by atoms with Crippen molar-refractivity contribution in [2.24, 2.45) is 0 Å². The molecule has 2 aliphatic carbocycles. The summed E-state index contributed by atoms with van der Waals surface area (Å²) in [4.78, 5) is 84.2. The molecule has 6 N–H and O–H groups in total. The predicted octanol–water partition coefficient (Wildman–Crippen LogP) is 7.77. The number of carbonyl (C=O) groups is 7. The van der Waals surface area contributed by atoms with E-state index in [-0.39, 0.29) is 75.3 Å². The molecular formula is C40H36Cl4N4O7. The molecule has 11 nitrogen and oxygen atoms in total. The van der Waals surface area contributed by atoms with Crippen LogP contribution in [-0.2, 0) is 14.4 Å². The van der Waals surface area contributed by atoms with Gasteiger partial charge in [0.2, 0.25) is 17.1 Å². The number of rotatable bonds is 11. The minimum Gasteiger partial charge on any atom is -0.399 e. The first-order valence-corrected chi connectivity index (χ1v) is 19.0. The van der Waals surface area contributed by atoms with Gasteiger partial charge in [0.1, 0.15) is 0 Å². The first kappa shape index (κ1) is 42.7. The second-order valence-corrected chi connectivity index (χ2v) is 13.8. The minimum atomic E-state index is -0.340. The van der Waals surface area contributed by atoms with Crippen LogP contribution in [-0.4, -0.2) is 57.8 Å². The summed E-state index contributed by atoms with van der Waals surface area (Å²) in [6.07, 6.45) is 2.70. The maximum Gasteiger partial charge on any atom is 0.224 e. The average molecular weight is 827 g/mol. The summed E-state index contributed by atoms with van der Waals surface area (Å²) in [6.45, 7) is 0. The predicted molar refractivity (Wildman–Crippen MR) is 216 cm³/mol. The number of alkyl halides is 3. The molecule has 0 aliphatic heterocycles. The molecule has 0 radical (unpaired) electrons. The van der Waals surface area contributed by atoms with Crippen molar-refractivity contribution in [2.45, 2.75) is 38.5 Å². The SMILES string of the molecule is Nc1ccc2c(c1)C(=O)c1cc(N)ccc1C2=O.O=C(CCCCl)Nc1ccc2c(c1)C(=O)c1cc(NC(=O)CCCCl)ccc1C2=O.O=C(Cl)CCCCl. The van der Waals surface area contributed by atoms with Crippen molar-refractivity contribution >= 4 is 109 Å². The van der Waals surface area contributed by atoms with E-state index in [9.17, 15) is 33.6 Å². The zero-order valence-corrected chi connectivity index (χ0v) is 32.3. The molecule has 2 aliphatic rings. The van der Waals surface area contributed by atoms with E-state index in [4.69, 9.17) is 57.9 Å². The lowest BCUT2D eigenvalue weighted by Gasteiger charge is -2.19. The molecule has 0 bridgehead atoms. The van der Waals surface area contributed by atoms with Crippen molar-refractivity contribution in [1.29, 1.82) is 0 Å². The first-order chi connectivity index (χ1) is 26.3. The number of carbonyl (C=O) groups excluding carboxylic acids is 7. The van der Waals surface area contributed by atoms with Gasteiger partial charge in [0, 0.05) is 104 Å². The Morgan fingerprint density at radius 1 is 0.455 bits per heavy atom. The summed E-state index contributed by atoms with van der Waals surface area (Å²) >= 11 is 21.4. The molecule has 15 heteroatoms. The van der Waals surface area contributed by atoms with Gasteiger partial charge in [-0.2, -0.15) is 0 Å². The van der Waals surface area contributed by atoms with E-state index in [1.165, 1.54) is 36.4 Å². The molecule has 0 atom stereocenters. The van der Waals surface area contributed by atoms with Crippen LogP contribution in [0.2, 0.25) is 0 Å². The van der Waals surface area contributed by atoms with Gasteiger partial charge < -0.3 is 22.1 Å². The van der Waals surface area contributed by atoms with Gasteiger partial charge in [-0.3, -0.25) is 33.6 Å². The molecule has 6 rings (SSSR count). The Kier molecular flexibility index (Phi) is 15.5. The molecule has 0 heterocycles. The maximum atomic E-state index is 13.1. The molecule has 4 aromatic carbocycles. The number of benzene rings is 4. The van der Waals surface area contributed by atoms with Crippen molar-refractivity contribution < 1.29 is 33.6 Å². The summed E-state index contributed by atoms with van der Waals surface area (Å²) in [5.74, 6) is -0.150. The lowest BCUT2D eigenvalue weighted by atomic mass is 9.83. The van der Waals surface area contributed by atoms with Crippen LogP contribution in [0.25, 0.3) is 0 Å². The molecule has 286 valence electrons. The summed E-state index contributed by atoms with van der Waals surface area (Å²) in [7, 11) is 0. The zero-order valence-electron chi connectivity index (χ0n) is 29.3. The van der Waals surface area contributed by atoms with Crippen LogP contribution in [0.3, 0.4) is 0 Å². The highest BCUT2D eigenvalue weighted by molar-refractivity contribution is 6.63. The second kappa shape index (κ2) is 20.0. The van der Waals surface area contributed by atoms with Gasteiger partial charge in [-0.25, -0.2) is 0 Å². The number of hydrogen-bond acceptors (Lipinski definition) is 9. The summed E-state index contributed by atoms with van der Waals surface area (Å²) in [5, 5.41) is 5.12. The largest absolute Gasteiger partial charge is 0.399 e. The highest BCUT2D eigenvalue weighted by atomic mass is 35.5. The van der Waals surface area contributed by atoms with E-state index >= 15 is 0 Å². The van der Waals surface area contributed by atoms with Gasteiger partial charge in [-0.15, -0.1) is 34.8 Å². The van der Waals surface area contributed by atoms with E-state index in [0.717, 1.165) is 0 Å². The van der Waals surface area contributed by atoms with Gasteiger partial charge in [0.15, 0.2) is 23.1 Å². The quantitative estimate of drug-likeness (QED) is 0.0573. The molecule has 0 spiro atoms. The smallest absolute Gasteiger partial charge is 0.224 e. The standard InChI is InChI=1S/C22H20Cl2N2O4.C14H10N2O2.C4H6Cl2O/c23-9-1-3-19(27)25-13-5-7-15-17(11-13)22(30)18-12-14(6-8-16(18)21(15)29)26-20(28)4-2-10-24;15-7-1-3-9-11(5-7)14(18)12-6-8(16)2-4-10(12)13(9)17;5-3-1-2-4(6)7/h5-8,11-12H,1-4,9-10H2,(H,25,27)(H,26,28);1-6H,15-16H2;1-3H2. The number of hydrogen-bond donors (Lipinski definition) is 4. The van der Waals surface area contributed by atoms with Crippen LogP contribution < -0.4 is 22.1 Å². The van der Waals surface area contributed by atoms with Crippen LogP contribution in [0.1, 0.15) is 102 Å². The number of nitrogens with one attached hydrogen (secondary N) is 2. The molecule has 0 saturated heterocycles. The van der Waals surface area contributed by atoms with Gasteiger partial charge in [0.05, 0.1) is 0 Å². The zero-order chi connectivity index (χ0) is 40.2. The number of nitrogen functional groups attached to an aromatic ring is 2. The van der Waals surface area contributed by atoms with Crippen molar-refractivity contribution in [1.82, 2.24) is 0 Å². The van der Waals surface area contributed by atoms with Crippen molar-refractivity contribution in [3.05, 3.63) is 117 Å². The minimum absolute atomic E-state index is 0.167. The Labute approximate surface area is 337 Å². The number of amides is 2. The Balaban J connectivity index is 0.000000226. The van der Waals surface area contributed by atoms with Crippen molar-refractivity contribution in [3.8, 4) is 0 Å². The monoisotopic (exact) mass is 824 g/mol. The van der Waals surface area contributed by atoms with E-state index in [1.807, 2.05) is 0 Å². The van der Waals surface area contributed by atoms with Crippen LogP contribution in [0, 0.1) is 0 Å². The second-order valence-electron chi connectivity index (χ2n) is 12.3. The van der Waals surface area contributed by atoms with Crippen LogP contribution in [0.15, 0.2) is 72.8 Å². The number of anilines is 4. The van der Waals surface area contributed by atoms with Gasteiger partial charge in [-0.1, -0.05) is 0 Å². The fraction of sp³-hybridized carbons (Fsp3) is 0.225. The Hall–Kier alpha value is -5.07. The molecule has 4 aromatic rings. The average Bonchev–Trinajstić information content (AvgIpc) is 3.17. The molecule has 55 heavy (non-hydrogen) atoms.